The summed E-state index contributed by atoms with van der Waals surface area (Å²) < 4.78 is 46.1. The third kappa shape index (κ3) is 5.67. The van der Waals surface area contributed by atoms with Gasteiger partial charge in [0.15, 0.2) is 0 Å². The van der Waals surface area contributed by atoms with Gasteiger partial charge in [-0.15, -0.1) is 10.2 Å². The molecule has 5 rings (SSSR count). The topological polar surface area (TPSA) is 101 Å². The number of carbonyl (C=O) groups is 1. The average Bonchev–Trinajstić information content (AvgIpc) is 2.93. The first-order valence-electron chi connectivity index (χ1n) is 11.6. The maximum atomic E-state index is 13.4. The molecule has 38 heavy (non-hydrogen) atoms. The van der Waals surface area contributed by atoms with E-state index in [1.807, 2.05) is 24.3 Å². The van der Waals surface area contributed by atoms with E-state index in [9.17, 15) is 17.6 Å². The molecular weight excluding hydrogens is 551 g/mol. The number of anilines is 1. The van der Waals surface area contributed by atoms with Crippen LogP contribution in [0.3, 0.4) is 0 Å². The molecule has 0 spiro atoms. The maximum Gasteiger partial charge on any atom is 0.244 e. The Hall–Kier alpha value is -3.09. The quantitative estimate of drug-likeness (QED) is 0.316. The molecule has 1 aromatic heterocycles. The van der Waals surface area contributed by atoms with Crippen molar-refractivity contribution in [3.8, 4) is 11.3 Å². The molecule has 0 bridgehead atoms. The standard InChI is InChI=1S/C26H22ClFN4O4S2/c27-22-10-9-19(15-23(22)38(34,35)32-11-13-36-14-12-32)29-24(33)16-37-26-21-4-2-1-3-20(21)25(30-31-26)17-5-7-18(28)8-6-17/h1-10,15H,11-14,16H2,(H,29,33). The minimum Gasteiger partial charge on any atom is -0.379 e. The molecule has 1 N–H and O–H groups in total. The summed E-state index contributed by atoms with van der Waals surface area (Å²) in [6, 6.07) is 17.9. The highest BCUT2D eigenvalue weighted by atomic mass is 35.5. The average molecular weight is 573 g/mol. The Labute approximate surface area is 228 Å². The van der Waals surface area contributed by atoms with Gasteiger partial charge in [-0.05, 0) is 42.5 Å². The maximum absolute atomic E-state index is 13.4. The summed E-state index contributed by atoms with van der Waals surface area (Å²) in [7, 11) is -3.83. The van der Waals surface area contributed by atoms with Gasteiger partial charge >= 0.3 is 0 Å². The monoisotopic (exact) mass is 572 g/mol. The zero-order chi connectivity index (χ0) is 26.7. The van der Waals surface area contributed by atoms with E-state index in [2.05, 4.69) is 15.5 Å². The largest absolute Gasteiger partial charge is 0.379 e. The summed E-state index contributed by atoms with van der Waals surface area (Å²) in [5.41, 5.74) is 1.66. The third-order valence-corrected chi connectivity index (χ3v) is 9.28. The number of morpholine rings is 1. The minimum atomic E-state index is -3.83. The van der Waals surface area contributed by atoms with Crippen molar-refractivity contribution in [2.75, 3.05) is 37.4 Å². The summed E-state index contributed by atoms with van der Waals surface area (Å²) >= 11 is 7.42. The number of carbonyl (C=O) groups excluding carboxylic acids is 1. The van der Waals surface area contributed by atoms with Gasteiger partial charge in [-0.1, -0.05) is 47.6 Å². The summed E-state index contributed by atoms with van der Waals surface area (Å²) in [6.45, 7) is 1.10. The molecule has 4 aromatic rings. The van der Waals surface area contributed by atoms with E-state index in [0.717, 1.165) is 16.3 Å². The number of nitrogens with one attached hydrogen (secondary N) is 1. The second-order valence-electron chi connectivity index (χ2n) is 8.40. The number of hydrogen-bond acceptors (Lipinski definition) is 7. The molecule has 196 valence electrons. The van der Waals surface area contributed by atoms with Crippen LogP contribution in [-0.2, 0) is 19.6 Å². The number of amides is 1. The van der Waals surface area contributed by atoms with Gasteiger partial charge in [0, 0.05) is 35.1 Å². The second-order valence-corrected chi connectivity index (χ2v) is 11.7. The van der Waals surface area contributed by atoms with Crippen molar-refractivity contribution in [3.63, 3.8) is 0 Å². The summed E-state index contributed by atoms with van der Waals surface area (Å²) in [6.07, 6.45) is 0. The number of nitrogens with zero attached hydrogens (tertiary/aromatic N) is 3. The molecule has 1 fully saturated rings. The van der Waals surface area contributed by atoms with E-state index in [-0.39, 0.29) is 40.5 Å². The molecule has 1 aliphatic rings. The SMILES string of the molecule is O=C(CSc1nnc(-c2ccc(F)cc2)c2ccccc12)Nc1ccc(Cl)c(S(=O)(=O)N2CCOCC2)c1. The number of sulfonamides is 1. The molecule has 8 nitrogen and oxygen atoms in total. The van der Waals surface area contributed by atoms with Crippen molar-refractivity contribution >= 4 is 55.8 Å². The fraction of sp³-hybridized carbons (Fsp3) is 0.192. The Morgan fingerprint density at radius 3 is 2.47 bits per heavy atom. The molecule has 1 amide bonds. The van der Waals surface area contributed by atoms with Crippen molar-refractivity contribution in [2.45, 2.75) is 9.92 Å². The molecule has 1 saturated heterocycles. The number of halogens is 2. The molecule has 0 unspecified atom stereocenters. The molecule has 0 atom stereocenters. The van der Waals surface area contributed by atoms with Crippen molar-refractivity contribution in [1.82, 2.24) is 14.5 Å². The molecule has 0 aliphatic carbocycles. The summed E-state index contributed by atoms with van der Waals surface area (Å²) in [5.74, 6) is -0.667. The lowest BCUT2D eigenvalue weighted by atomic mass is 10.1. The van der Waals surface area contributed by atoms with Crippen molar-refractivity contribution in [2.24, 2.45) is 0 Å². The Kier molecular flexibility index (Phi) is 7.91. The van der Waals surface area contributed by atoms with E-state index in [4.69, 9.17) is 16.3 Å². The van der Waals surface area contributed by atoms with Crippen molar-refractivity contribution in [3.05, 3.63) is 77.6 Å². The molecule has 1 aliphatic heterocycles. The van der Waals surface area contributed by atoms with Crippen LogP contribution in [0.25, 0.3) is 22.0 Å². The Balaban J connectivity index is 1.32. The lowest BCUT2D eigenvalue weighted by molar-refractivity contribution is -0.113. The zero-order valence-electron chi connectivity index (χ0n) is 19.9. The van der Waals surface area contributed by atoms with Gasteiger partial charge in [0.1, 0.15) is 21.4 Å². The van der Waals surface area contributed by atoms with E-state index >= 15 is 0 Å². The molecule has 2 heterocycles. The van der Waals surface area contributed by atoms with Crippen LogP contribution in [0.4, 0.5) is 10.1 Å². The molecule has 0 saturated carbocycles. The third-order valence-electron chi connectivity index (χ3n) is 5.91. The van der Waals surface area contributed by atoms with E-state index < -0.39 is 10.0 Å². The fourth-order valence-corrected chi connectivity index (χ4v) is 6.72. The predicted octanol–water partition coefficient (Wildman–Crippen LogP) is 4.84. The number of fused-ring (bicyclic) bond motifs is 1. The fourth-order valence-electron chi connectivity index (χ4n) is 4.04. The number of benzene rings is 3. The number of ether oxygens (including phenoxy) is 1. The first-order chi connectivity index (χ1) is 18.3. The minimum absolute atomic E-state index is 0.0166. The molecule has 0 radical (unpaired) electrons. The summed E-state index contributed by atoms with van der Waals surface area (Å²) in [5, 5.41) is 13.7. The lowest BCUT2D eigenvalue weighted by Crippen LogP contribution is -2.40. The summed E-state index contributed by atoms with van der Waals surface area (Å²) in [4.78, 5) is 12.7. The van der Waals surface area contributed by atoms with E-state index in [1.54, 1.807) is 18.2 Å². The van der Waals surface area contributed by atoms with Crippen LogP contribution in [0.5, 0.6) is 0 Å². The number of hydrogen-bond donors (Lipinski definition) is 1. The van der Waals surface area contributed by atoms with Crippen LogP contribution in [0.1, 0.15) is 0 Å². The highest BCUT2D eigenvalue weighted by Crippen LogP contribution is 2.32. The molecule has 3 aromatic carbocycles. The Morgan fingerprint density at radius 1 is 1.03 bits per heavy atom. The van der Waals surface area contributed by atoms with Crippen LogP contribution in [0.2, 0.25) is 5.02 Å². The van der Waals surface area contributed by atoms with Crippen LogP contribution < -0.4 is 5.32 Å². The van der Waals surface area contributed by atoms with Crippen molar-refractivity contribution < 1.29 is 22.3 Å². The smallest absolute Gasteiger partial charge is 0.244 e. The number of thioether (sulfide) groups is 1. The predicted molar refractivity (Wildman–Crippen MR) is 145 cm³/mol. The Bertz CT molecular complexity index is 1600. The van der Waals surface area contributed by atoms with E-state index in [1.165, 1.54) is 40.3 Å². The highest BCUT2D eigenvalue weighted by molar-refractivity contribution is 8.00. The van der Waals surface area contributed by atoms with Crippen LogP contribution in [-0.4, -0.2) is 60.9 Å². The number of aromatic nitrogens is 2. The first-order valence-corrected chi connectivity index (χ1v) is 14.4. The first kappa shape index (κ1) is 26.5. The van der Waals surface area contributed by atoms with Gasteiger partial charge in [-0.3, -0.25) is 4.79 Å². The van der Waals surface area contributed by atoms with Gasteiger partial charge in [-0.25, -0.2) is 12.8 Å². The molecule has 12 heteroatoms. The van der Waals surface area contributed by atoms with Crippen LogP contribution in [0, 0.1) is 5.82 Å². The lowest BCUT2D eigenvalue weighted by Gasteiger charge is -2.26. The molecular formula is C26H22ClFN4O4S2. The second kappa shape index (κ2) is 11.3. The van der Waals surface area contributed by atoms with Crippen LogP contribution in [0.15, 0.2) is 76.7 Å². The van der Waals surface area contributed by atoms with Crippen LogP contribution >= 0.6 is 23.4 Å². The number of rotatable bonds is 7. The van der Waals surface area contributed by atoms with Gasteiger partial charge in [0.2, 0.25) is 15.9 Å². The van der Waals surface area contributed by atoms with Gasteiger partial charge < -0.3 is 10.1 Å². The van der Waals surface area contributed by atoms with Crippen molar-refractivity contribution in [1.29, 1.82) is 0 Å². The zero-order valence-corrected chi connectivity index (χ0v) is 22.3. The van der Waals surface area contributed by atoms with E-state index in [0.29, 0.717) is 29.6 Å². The normalized spacial score (nSPS) is 14.5. The van der Waals surface area contributed by atoms with Gasteiger partial charge in [-0.2, -0.15) is 4.31 Å². The highest BCUT2D eigenvalue weighted by Gasteiger charge is 2.28. The van der Waals surface area contributed by atoms with Gasteiger partial charge in [0.25, 0.3) is 0 Å². The van der Waals surface area contributed by atoms with Gasteiger partial charge in [0.05, 0.1) is 24.0 Å². The Morgan fingerprint density at radius 2 is 1.74 bits per heavy atom.